The van der Waals surface area contributed by atoms with Crippen LogP contribution in [0.25, 0.3) is 11.3 Å². The normalized spacial score (nSPS) is 11.2. The molecular weight excluding hydrogens is 266 g/mol. The summed E-state index contributed by atoms with van der Waals surface area (Å²) < 4.78 is 11.0. The number of rotatable bonds is 5. The number of nitrogens with zero attached hydrogens (tertiary/aromatic N) is 3. The Morgan fingerprint density at radius 3 is 2.71 bits per heavy atom. The smallest absolute Gasteiger partial charge is 0.151 e. The summed E-state index contributed by atoms with van der Waals surface area (Å²) in [6, 6.07) is 9.76. The van der Waals surface area contributed by atoms with Crippen LogP contribution in [0.5, 0.6) is 0 Å². The number of pyridine rings is 1. The van der Waals surface area contributed by atoms with E-state index in [1.54, 1.807) is 12.4 Å². The lowest BCUT2D eigenvalue weighted by molar-refractivity contribution is 0.248. The first-order valence-electron chi connectivity index (χ1n) is 6.80. The molecule has 0 fully saturated rings. The van der Waals surface area contributed by atoms with Crippen molar-refractivity contribution in [2.24, 2.45) is 0 Å². The van der Waals surface area contributed by atoms with Gasteiger partial charge in [0.25, 0.3) is 0 Å². The van der Waals surface area contributed by atoms with Gasteiger partial charge in [-0.2, -0.15) is 0 Å². The number of hydrogen-bond acceptors (Lipinski definition) is 5. The molecule has 0 atom stereocenters. The van der Waals surface area contributed by atoms with E-state index >= 15 is 0 Å². The standard InChI is InChI=1S/C16H17N3O2/c1-12-5-6-14(20-12)10-19(2)11-15-8-16(18-21-15)13-4-3-7-17-9-13/h3-9H,10-11H2,1-2H3. The first-order chi connectivity index (χ1) is 10.2. The first kappa shape index (κ1) is 13.6. The van der Waals surface area contributed by atoms with Crippen LogP contribution in [0.4, 0.5) is 0 Å². The fourth-order valence-electron chi connectivity index (χ4n) is 2.20. The second-order valence-corrected chi connectivity index (χ2v) is 5.10. The summed E-state index contributed by atoms with van der Waals surface area (Å²) in [5.41, 5.74) is 1.76. The van der Waals surface area contributed by atoms with Crippen molar-refractivity contribution in [1.29, 1.82) is 0 Å². The minimum Gasteiger partial charge on any atom is -0.465 e. The van der Waals surface area contributed by atoms with Crippen LogP contribution in [0.2, 0.25) is 0 Å². The van der Waals surface area contributed by atoms with Crippen molar-refractivity contribution in [1.82, 2.24) is 15.0 Å². The number of aromatic nitrogens is 2. The molecule has 0 aliphatic rings. The quantitative estimate of drug-likeness (QED) is 0.719. The van der Waals surface area contributed by atoms with Gasteiger partial charge in [0.05, 0.1) is 13.1 Å². The van der Waals surface area contributed by atoms with Gasteiger partial charge in [0, 0.05) is 24.0 Å². The van der Waals surface area contributed by atoms with Crippen molar-refractivity contribution in [2.45, 2.75) is 20.0 Å². The highest BCUT2D eigenvalue weighted by Gasteiger charge is 2.10. The second kappa shape index (κ2) is 5.93. The summed E-state index contributed by atoms with van der Waals surface area (Å²) in [7, 11) is 2.02. The molecule has 108 valence electrons. The molecule has 3 aromatic rings. The second-order valence-electron chi connectivity index (χ2n) is 5.10. The van der Waals surface area contributed by atoms with Crippen LogP contribution in [0.1, 0.15) is 17.3 Å². The molecule has 0 bridgehead atoms. The fourth-order valence-corrected chi connectivity index (χ4v) is 2.20. The van der Waals surface area contributed by atoms with Crippen molar-refractivity contribution in [2.75, 3.05) is 7.05 Å². The molecule has 21 heavy (non-hydrogen) atoms. The van der Waals surface area contributed by atoms with Crippen LogP contribution in [0.15, 0.2) is 51.7 Å². The summed E-state index contributed by atoms with van der Waals surface area (Å²) in [5.74, 6) is 2.69. The van der Waals surface area contributed by atoms with Crippen molar-refractivity contribution >= 4 is 0 Å². The molecule has 0 N–H and O–H groups in total. The maximum absolute atomic E-state index is 5.57. The minimum absolute atomic E-state index is 0.674. The highest BCUT2D eigenvalue weighted by atomic mass is 16.5. The summed E-state index contributed by atoms with van der Waals surface area (Å²) in [6.45, 7) is 3.35. The summed E-state index contributed by atoms with van der Waals surface area (Å²) in [4.78, 5) is 6.20. The summed E-state index contributed by atoms with van der Waals surface area (Å²) >= 11 is 0. The third-order valence-corrected chi connectivity index (χ3v) is 3.16. The highest BCUT2D eigenvalue weighted by molar-refractivity contribution is 5.57. The van der Waals surface area contributed by atoms with Gasteiger partial charge in [0.15, 0.2) is 5.76 Å². The van der Waals surface area contributed by atoms with Crippen LogP contribution in [0, 0.1) is 6.92 Å². The SMILES string of the molecule is Cc1ccc(CN(C)Cc2cc(-c3cccnc3)no2)o1. The maximum Gasteiger partial charge on any atom is 0.151 e. The zero-order valence-electron chi connectivity index (χ0n) is 12.1. The maximum atomic E-state index is 5.57. The van der Waals surface area contributed by atoms with Gasteiger partial charge < -0.3 is 8.94 Å². The molecule has 0 aliphatic carbocycles. The van der Waals surface area contributed by atoms with Crippen LogP contribution in [-0.2, 0) is 13.1 Å². The third kappa shape index (κ3) is 3.38. The zero-order chi connectivity index (χ0) is 14.7. The van der Waals surface area contributed by atoms with E-state index in [1.807, 2.05) is 44.3 Å². The van der Waals surface area contributed by atoms with E-state index in [0.29, 0.717) is 6.54 Å². The molecule has 0 aromatic carbocycles. The van der Waals surface area contributed by atoms with Gasteiger partial charge in [-0.25, -0.2) is 0 Å². The van der Waals surface area contributed by atoms with Crippen LogP contribution in [-0.4, -0.2) is 22.1 Å². The zero-order valence-corrected chi connectivity index (χ0v) is 12.1. The molecule has 3 heterocycles. The molecule has 3 aromatic heterocycles. The van der Waals surface area contributed by atoms with Crippen LogP contribution >= 0.6 is 0 Å². The largest absolute Gasteiger partial charge is 0.465 e. The molecule has 5 heteroatoms. The van der Waals surface area contributed by atoms with E-state index in [0.717, 1.165) is 35.1 Å². The first-order valence-corrected chi connectivity index (χ1v) is 6.80. The molecule has 0 aliphatic heterocycles. The fraction of sp³-hybridized carbons (Fsp3) is 0.250. The molecule has 3 rings (SSSR count). The molecule has 0 saturated carbocycles. The Bertz CT molecular complexity index is 703. The highest BCUT2D eigenvalue weighted by Crippen LogP contribution is 2.19. The van der Waals surface area contributed by atoms with Crippen molar-refractivity contribution < 1.29 is 8.94 Å². The average Bonchev–Trinajstić information content (AvgIpc) is 3.09. The molecular formula is C16H17N3O2. The van der Waals surface area contributed by atoms with Gasteiger partial charge >= 0.3 is 0 Å². The molecule has 0 saturated heterocycles. The summed E-state index contributed by atoms with van der Waals surface area (Å²) in [5, 5.41) is 4.09. The topological polar surface area (TPSA) is 55.3 Å². The molecule has 0 spiro atoms. The predicted octanol–water partition coefficient (Wildman–Crippen LogP) is 3.27. The number of hydrogen-bond donors (Lipinski definition) is 0. The van der Waals surface area contributed by atoms with Gasteiger partial charge in [-0.05, 0) is 38.2 Å². The lowest BCUT2D eigenvalue weighted by Crippen LogP contribution is -2.16. The van der Waals surface area contributed by atoms with E-state index in [4.69, 9.17) is 8.94 Å². The molecule has 5 nitrogen and oxygen atoms in total. The predicted molar refractivity (Wildman–Crippen MR) is 78.4 cm³/mol. The Morgan fingerprint density at radius 2 is 2.00 bits per heavy atom. The Hall–Kier alpha value is -2.40. The van der Waals surface area contributed by atoms with Crippen LogP contribution < -0.4 is 0 Å². The molecule has 0 radical (unpaired) electrons. The minimum atomic E-state index is 0.674. The van der Waals surface area contributed by atoms with Crippen molar-refractivity contribution in [3.05, 3.63) is 60.0 Å². The van der Waals surface area contributed by atoms with Crippen molar-refractivity contribution in [3.8, 4) is 11.3 Å². The Labute approximate surface area is 123 Å². The Morgan fingerprint density at radius 1 is 1.14 bits per heavy atom. The van der Waals surface area contributed by atoms with Crippen LogP contribution in [0.3, 0.4) is 0 Å². The van der Waals surface area contributed by atoms with E-state index < -0.39 is 0 Å². The Kier molecular flexibility index (Phi) is 3.83. The molecule has 0 amide bonds. The van der Waals surface area contributed by atoms with Gasteiger partial charge in [-0.1, -0.05) is 5.16 Å². The average molecular weight is 283 g/mol. The molecule has 0 unspecified atom stereocenters. The van der Waals surface area contributed by atoms with Crippen molar-refractivity contribution in [3.63, 3.8) is 0 Å². The third-order valence-electron chi connectivity index (χ3n) is 3.16. The van der Waals surface area contributed by atoms with Gasteiger partial charge in [-0.15, -0.1) is 0 Å². The monoisotopic (exact) mass is 283 g/mol. The lowest BCUT2D eigenvalue weighted by atomic mass is 10.2. The van der Waals surface area contributed by atoms with E-state index in [-0.39, 0.29) is 0 Å². The summed E-state index contributed by atoms with van der Waals surface area (Å²) in [6.07, 6.45) is 3.51. The van der Waals surface area contributed by atoms with E-state index in [2.05, 4.69) is 15.0 Å². The van der Waals surface area contributed by atoms with E-state index in [9.17, 15) is 0 Å². The number of furan rings is 1. The van der Waals surface area contributed by atoms with Gasteiger partial charge in [0.1, 0.15) is 17.2 Å². The lowest BCUT2D eigenvalue weighted by Gasteiger charge is -2.12. The van der Waals surface area contributed by atoms with Gasteiger partial charge in [-0.3, -0.25) is 9.88 Å². The van der Waals surface area contributed by atoms with E-state index in [1.165, 1.54) is 0 Å². The van der Waals surface area contributed by atoms with Gasteiger partial charge in [0.2, 0.25) is 0 Å². The Balaban J connectivity index is 1.64. The number of aryl methyl sites for hydroxylation is 1.